The average molecular weight is 359 g/mol. The molecule has 0 amide bonds. The van der Waals surface area contributed by atoms with Gasteiger partial charge in [0.15, 0.2) is 0 Å². The van der Waals surface area contributed by atoms with Crippen molar-refractivity contribution in [3.63, 3.8) is 0 Å². The van der Waals surface area contributed by atoms with Crippen molar-refractivity contribution in [3.05, 3.63) is 25.3 Å². The molecule has 10 heavy (non-hydrogen) atoms. The van der Waals surface area contributed by atoms with Crippen LogP contribution in [0.15, 0.2) is 18.2 Å². The molecule has 1 nitrogen and oxygen atoms in total. The maximum Gasteiger partial charge on any atom is 0.0348 e. The summed E-state index contributed by atoms with van der Waals surface area (Å²) in [6.45, 7) is 0. The molecule has 1 aromatic carbocycles. The number of anilines is 1. The number of rotatable bonds is 1. The predicted octanol–water partition coefficient (Wildman–Crippen LogP) is 2.94. The molecule has 0 atom stereocenters. The quantitative estimate of drug-likeness (QED) is 0.761. The Balaban J connectivity index is 3.04. The van der Waals surface area contributed by atoms with E-state index < -0.39 is 0 Å². The SMILES string of the molecule is CNc1ccc(I)c(I)c1. The third-order valence-corrected chi connectivity index (χ3v) is 4.07. The van der Waals surface area contributed by atoms with Crippen LogP contribution in [-0.4, -0.2) is 7.05 Å². The number of hydrogen-bond donors (Lipinski definition) is 1. The fourth-order valence-electron chi connectivity index (χ4n) is 0.652. The van der Waals surface area contributed by atoms with Crippen LogP contribution in [0.25, 0.3) is 0 Å². The van der Waals surface area contributed by atoms with Gasteiger partial charge < -0.3 is 5.32 Å². The number of halogens is 2. The van der Waals surface area contributed by atoms with E-state index in [0.29, 0.717) is 0 Å². The van der Waals surface area contributed by atoms with Crippen LogP contribution in [0.1, 0.15) is 0 Å². The van der Waals surface area contributed by atoms with E-state index in [2.05, 4.69) is 68.7 Å². The second-order valence-electron chi connectivity index (χ2n) is 1.88. The molecule has 0 spiro atoms. The van der Waals surface area contributed by atoms with Crippen LogP contribution in [-0.2, 0) is 0 Å². The third-order valence-electron chi connectivity index (χ3n) is 1.21. The van der Waals surface area contributed by atoms with Gasteiger partial charge in [0, 0.05) is 19.9 Å². The van der Waals surface area contributed by atoms with Gasteiger partial charge in [-0.2, -0.15) is 0 Å². The van der Waals surface area contributed by atoms with Gasteiger partial charge in [0.05, 0.1) is 0 Å². The van der Waals surface area contributed by atoms with Crippen molar-refractivity contribution in [2.45, 2.75) is 0 Å². The van der Waals surface area contributed by atoms with E-state index >= 15 is 0 Å². The van der Waals surface area contributed by atoms with Gasteiger partial charge in [-0.25, -0.2) is 0 Å². The van der Waals surface area contributed by atoms with E-state index in [1.54, 1.807) is 0 Å². The largest absolute Gasteiger partial charge is 0.388 e. The van der Waals surface area contributed by atoms with E-state index in [1.807, 2.05) is 7.05 Å². The lowest BCUT2D eigenvalue weighted by atomic mass is 10.3. The first-order chi connectivity index (χ1) is 4.74. The van der Waals surface area contributed by atoms with Crippen LogP contribution in [0.3, 0.4) is 0 Å². The summed E-state index contributed by atoms with van der Waals surface area (Å²) in [4.78, 5) is 0. The highest BCUT2D eigenvalue weighted by Crippen LogP contribution is 2.18. The van der Waals surface area contributed by atoms with Crippen LogP contribution in [0, 0.1) is 7.14 Å². The Morgan fingerprint density at radius 2 is 1.90 bits per heavy atom. The van der Waals surface area contributed by atoms with Gasteiger partial charge in [0.1, 0.15) is 0 Å². The maximum atomic E-state index is 3.09. The number of hydrogen-bond acceptors (Lipinski definition) is 1. The molecular weight excluding hydrogens is 352 g/mol. The van der Waals surface area contributed by atoms with Gasteiger partial charge in [0.2, 0.25) is 0 Å². The molecule has 1 N–H and O–H groups in total. The van der Waals surface area contributed by atoms with Crippen molar-refractivity contribution in [2.24, 2.45) is 0 Å². The van der Waals surface area contributed by atoms with Gasteiger partial charge in [-0.3, -0.25) is 0 Å². The Morgan fingerprint density at radius 3 is 2.40 bits per heavy atom. The fourth-order valence-corrected chi connectivity index (χ4v) is 1.50. The Morgan fingerprint density at radius 1 is 1.20 bits per heavy atom. The Labute approximate surface area is 87.9 Å². The third kappa shape index (κ3) is 1.98. The zero-order valence-electron chi connectivity index (χ0n) is 5.49. The van der Waals surface area contributed by atoms with Crippen LogP contribution in [0.5, 0.6) is 0 Å². The van der Waals surface area contributed by atoms with Crippen molar-refractivity contribution in [3.8, 4) is 0 Å². The summed E-state index contributed by atoms with van der Waals surface area (Å²) in [6.07, 6.45) is 0. The lowest BCUT2D eigenvalue weighted by Gasteiger charge is -2.00. The van der Waals surface area contributed by atoms with Gasteiger partial charge >= 0.3 is 0 Å². The Bertz CT molecular complexity index is 235. The van der Waals surface area contributed by atoms with Crippen molar-refractivity contribution in [1.29, 1.82) is 0 Å². The first-order valence-electron chi connectivity index (χ1n) is 2.87. The Kier molecular flexibility index (Phi) is 3.22. The van der Waals surface area contributed by atoms with Crippen LogP contribution in [0.2, 0.25) is 0 Å². The molecule has 0 aliphatic rings. The number of benzene rings is 1. The minimum Gasteiger partial charge on any atom is -0.388 e. The molecule has 0 bridgehead atoms. The summed E-state index contributed by atoms with van der Waals surface area (Å²) in [5.41, 5.74) is 1.17. The zero-order chi connectivity index (χ0) is 7.56. The molecule has 3 heteroatoms. The first-order valence-corrected chi connectivity index (χ1v) is 5.02. The lowest BCUT2D eigenvalue weighted by Crippen LogP contribution is -1.88. The predicted molar refractivity (Wildman–Crippen MR) is 61.4 cm³/mol. The van der Waals surface area contributed by atoms with Gasteiger partial charge in [-0.1, -0.05) is 0 Å². The second-order valence-corrected chi connectivity index (χ2v) is 4.20. The second kappa shape index (κ2) is 3.75. The van der Waals surface area contributed by atoms with E-state index in [1.165, 1.54) is 12.8 Å². The highest BCUT2D eigenvalue weighted by atomic mass is 127. The van der Waals surface area contributed by atoms with E-state index in [9.17, 15) is 0 Å². The normalized spacial score (nSPS) is 9.50. The Hall–Kier alpha value is 0.480. The lowest BCUT2D eigenvalue weighted by molar-refractivity contribution is 1.48. The van der Waals surface area contributed by atoms with Crippen LogP contribution in [0.4, 0.5) is 5.69 Å². The molecule has 0 heterocycles. The summed E-state index contributed by atoms with van der Waals surface area (Å²) < 4.78 is 2.60. The summed E-state index contributed by atoms with van der Waals surface area (Å²) in [6, 6.07) is 6.31. The zero-order valence-corrected chi connectivity index (χ0v) is 9.80. The number of nitrogens with one attached hydrogen (secondary N) is 1. The molecule has 0 fully saturated rings. The summed E-state index contributed by atoms with van der Waals surface area (Å²) >= 11 is 4.65. The van der Waals surface area contributed by atoms with Crippen LogP contribution < -0.4 is 5.32 Å². The summed E-state index contributed by atoms with van der Waals surface area (Å²) in [5.74, 6) is 0. The van der Waals surface area contributed by atoms with E-state index in [4.69, 9.17) is 0 Å². The van der Waals surface area contributed by atoms with Gasteiger partial charge in [0.25, 0.3) is 0 Å². The average Bonchev–Trinajstić information content (AvgIpc) is 1.95. The van der Waals surface area contributed by atoms with Crippen molar-refractivity contribution in [1.82, 2.24) is 0 Å². The molecule has 0 saturated carbocycles. The van der Waals surface area contributed by atoms with E-state index in [-0.39, 0.29) is 0 Å². The van der Waals surface area contributed by atoms with E-state index in [0.717, 1.165) is 0 Å². The smallest absolute Gasteiger partial charge is 0.0348 e. The summed E-state index contributed by atoms with van der Waals surface area (Å²) in [5, 5.41) is 3.09. The van der Waals surface area contributed by atoms with Crippen molar-refractivity contribution >= 4 is 50.9 Å². The van der Waals surface area contributed by atoms with Gasteiger partial charge in [-0.05, 0) is 63.4 Å². The standard InChI is InChI=1S/C7H7I2N/c1-10-5-2-3-6(8)7(9)4-5/h2-4,10H,1H3. The minimum atomic E-state index is 1.17. The molecular formula is C7H7I2N. The van der Waals surface area contributed by atoms with Crippen LogP contribution >= 0.6 is 45.2 Å². The fraction of sp³-hybridized carbons (Fsp3) is 0.143. The molecule has 0 aliphatic carbocycles. The topological polar surface area (TPSA) is 12.0 Å². The highest BCUT2D eigenvalue weighted by molar-refractivity contribution is 14.1. The summed E-state index contributed by atoms with van der Waals surface area (Å²) in [7, 11) is 1.93. The molecule has 0 radical (unpaired) electrons. The highest BCUT2D eigenvalue weighted by Gasteiger charge is 1.94. The monoisotopic (exact) mass is 359 g/mol. The maximum absolute atomic E-state index is 3.09. The molecule has 0 aliphatic heterocycles. The van der Waals surface area contributed by atoms with Gasteiger partial charge in [-0.15, -0.1) is 0 Å². The molecule has 54 valence electrons. The molecule has 0 saturated heterocycles. The van der Waals surface area contributed by atoms with Crippen molar-refractivity contribution < 1.29 is 0 Å². The van der Waals surface area contributed by atoms with Crippen molar-refractivity contribution in [2.75, 3.05) is 12.4 Å². The minimum absolute atomic E-state index is 1.17. The molecule has 1 aromatic rings. The molecule has 0 unspecified atom stereocenters. The molecule has 1 rings (SSSR count). The molecule has 0 aromatic heterocycles. The first kappa shape index (κ1) is 8.58.